The van der Waals surface area contributed by atoms with E-state index in [0.717, 1.165) is 11.7 Å². The molecule has 0 spiro atoms. The van der Waals surface area contributed by atoms with E-state index in [1.54, 1.807) is 12.1 Å². The van der Waals surface area contributed by atoms with Crippen molar-refractivity contribution in [3.63, 3.8) is 0 Å². The summed E-state index contributed by atoms with van der Waals surface area (Å²) in [6.45, 7) is 0. The number of benzene rings is 1. The number of rotatable bonds is 1. The Morgan fingerprint density at radius 1 is 1.38 bits per heavy atom. The van der Waals surface area contributed by atoms with Gasteiger partial charge in [0.25, 0.3) is 0 Å². The van der Waals surface area contributed by atoms with Gasteiger partial charge in [-0.2, -0.15) is 8.75 Å². The fraction of sp³-hybridized carbons (Fsp3) is 0. The molecule has 0 unspecified atom stereocenters. The molecule has 0 aliphatic heterocycles. The van der Waals surface area contributed by atoms with E-state index in [4.69, 9.17) is 0 Å². The molecule has 5 nitrogen and oxygen atoms in total. The minimum Gasteiger partial charge on any atom is -0.263 e. The summed E-state index contributed by atoms with van der Waals surface area (Å²) in [4.78, 5) is 21.0. The summed E-state index contributed by atoms with van der Waals surface area (Å²) >= 11 is 0.999. The van der Waals surface area contributed by atoms with E-state index in [1.807, 2.05) is 0 Å². The monoisotopic (exact) mass is 193 g/mol. The van der Waals surface area contributed by atoms with Crippen molar-refractivity contribution in [2.45, 2.75) is 0 Å². The first-order chi connectivity index (χ1) is 6.33. The maximum Gasteiger partial charge on any atom is 0.319 e. The number of hydrogen-bond donors (Lipinski definition) is 0. The number of fused-ring (bicyclic) bond motifs is 1. The second-order valence-corrected chi connectivity index (χ2v) is 2.86. The van der Waals surface area contributed by atoms with Crippen LogP contribution in [0, 0.1) is 4.91 Å². The summed E-state index contributed by atoms with van der Waals surface area (Å²) in [6, 6.07) is 4.87. The van der Waals surface area contributed by atoms with Gasteiger partial charge in [0.1, 0.15) is 11.0 Å². The van der Waals surface area contributed by atoms with Crippen molar-refractivity contribution >= 4 is 28.7 Å². The van der Waals surface area contributed by atoms with E-state index in [0.29, 0.717) is 11.0 Å². The summed E-state index contributed by atoms with van der Waals surface area (Å²) in [6.07, 6.45) is 0. The highest BCUT2D eigenvalue weighted by Gasteiger charge is 2.12. The van der Waals surface area contributed by atoms with Crippen LogP contribution >= 0.6 is 11.7 Å². The van der Waals surface area contributed by atoms with Gasteiger partial charge >= 0.3 is 5.91 Å². The number of amides is 1. The van der Waals surface area contributed by atoms with E-state index in [-0.39, 0.29) is 5.56 Å². The molecule has 0 atom stereocenters. The van der Waals surface area contributed by atoms with Crippen LogP contribution < -0.4 is 0 Å². The molecule has 2 aromatic rings. The Balaban J connectivity index is 2.74. The Labute approximate surface area is 76.7 Å². The lowest BCUT2D eigenvalue weighted by molar-refractivity contribution is 0.100. The number of hydrogen-bond acceptors (Lipinski definition) is 5. The topological polar surface area (TPSA) is 72.3 Å². The molecule has 2 rings (SSSR count). The van der Waals surface area contributed by atoms with Crippen LogP contribution in [0.15, 0.2) is 23.4 Å². The molecule has 1 aromatic carbocycles. The highest BCUT2D eigenvalue weighted by Crippen LogP contribution is 2.16. The first-order valence-corrected chi connectivity index (χ1v) is 4.15. The standard InChI is InChI=1S/C7H3N3O2S/c11-7(8-12)4-2-1-3-5-6(4)10-13-9-5/h1-3H. The maximum atomic E-state index is 11.0. The molecule has 1 amide bonds. The Kier molecular flexibility index (Phi) is 1.82. The van der Waals surface area contributed by atoms with Crippen molar-refractivity contribution in [1.82, 2.24) is 8.75 Å². The van der Waals surface area contributed by atoms with Gasteiger partial charge in [-0.3, -0.25) is 4.79 Å². The highest BCUT2D eigenvalue weighted by atomic mass is 32.1. The van der Waals surface area contributed by atoms with E-state index >= 15 is 0 Å². The van der Waals surface area contributed by atoms with Crippen LogP contribution in [0.4, 0.5) is 0 Å². The number of carbonyl (C=O) groups excluding carboxylic acids is 1. The van der Waals surface area contributed by atoms with Gasteiger partial charge in [0, 0.05) is 5.18 Å². The second-order valence-electron chi connectivity index (χ2n) is 2.33. The Morgan fingerprint density at radius 2 is 2.23 bits per heavy atom. The van der Waals surface area contributed by atoms with Crippen molar-refractivity contribution in [3.8, 4) is 0 Å². The van der Waals surface area contributed by atoms with Gasteiger partial charge in [-0.05, 0) is 12.1 Å². The second kappa shape index (κ2) is 2.98. The SMILES string of the molecule is O=NC(=O)c1cccc2nsnc12. The van der Waals surface area contributed by atoms with Crippen LogP contribution in [0.1, 0.15) is 10.4 Å². The predicted octanol–water partition coefficient (Wildman–Crippen LogP) is 1.60. The molecule has 0 N–H and O–H groups in total. The molecule has 13 heavy (non-hydrogen) atoms. The van der Waals surface area contributed by atoms with Gasteiger partial charge in [0.15, 0.2) is 0 Å². The quantitative estimate of drug-likeness (QED) is 0.645. The highest BCUT2D eigenvalue weighted by molar-refractivity contribution is 7.00. The maximum absolute atomic E-state index is 11.0. The molecule has 0 saturated heterocycles. The molecule has 0 aliphatic rings. The van der Waals surface area contributed by atoms with Gasteiger partial charge in [-0.1, -0.05) is 6.07 Å². The van der Waals surface area contributed by atoms with Crippen LogP contribution in [0.25, 0.3) is 11.0 Å². The van der Waals surface area contributed by atoms with Gasteiger partial charge in [-0.15, -0.1) is 4.91 Å². The Morgan fingerprint density at radius 3 is 3.00 bits per heavy atom. The van der Waals surface area contributed by atoms with Crippen LogP contribution in [-0.2, 0) is 0 Å². The molecule has 0 bridgehead atoms. The first-order valence-electron chi connectivity index (χ1n) is 3.42. The number of nitrogens with zero attached hydrogens (tertiary/aromatic N) is 3. The summed E-state index contributed by atoms with van der Waals surface area (Å²) in [5, 5.41) is 2.34. The lowest BCUT2D eigenvalue weighted by Crippen LogP contribution is -1.94. The zero-order chi connectivity index (χ0) is 9.26. The molecule has 1 aromatic heterocycles. The number of carbonyl (C=O) groups is 1. The lowest BCUT2D eigenvalue weighted by atomic mass is 10.2. The summed E-state index contributed by atoms with van der Waals surface area (Å²) in [5.74, 6) is -0.807. The van der Waals surface area contributed by atoms with Crippen molar-refractivity contribution < 1.29 is 4.79 Å². The van der Waals surface area contributed by atoms with Gasteiger partial charge in [-0.25, -0.2) is 0 Å². The Bertz CT molecular complexity index is 479. The smallest absolute Gasteiger partial charge is 0.263 e. The fourth-order valence-electron chi connectivity index (χ4n) is 1.03. The van der Waals surface area contributed by atoms with Crippen molar-refractivity contribution in [1.29, 1.82) is 0 Å². The van der Waals surface area contributed by atoms with Crippen LogP contribution in [0.2, 0.25) is 0 Å². The summed E-state index contributed by atoms with van der Waals surface area (Å²) in [5.41, 5.74) is 1.26. The van der Waals surface area contributed by atoms with Gasteiger partial charge in [0.2, 0.25) is 0 Å². The molecule has 0 radical (unpaired) electrons. The summed E-state index contributed by atoms with van der Waals surface area (Å²) < 4.78 is 7.83. The minimum absolute atomic E-state index is 0.209. The molecular weight excluding hydrogens is 190 g/mol. The van der Waals surface area contributed by atoms with Crippen LogP contribution in [0.3, 0.4) is 0 Å². The summed E-state index contributed by atoms with van der Waals surface area (Å²) in [7, 11) is 0. The Hall–Kier alpha value is -1.69. The van der Waals surface area contributed by atoms with Gasteiger partial charge in [0.05, 0.1) is 17.3 Å². The largest absolute Gasteiger partial charge is 0.319 e. The van der Waals surface area contributed by atoms with Crippen molar-refractivity contribution in [2.24, 2.45) is 5.18 Å². The lowest BCUT2D eigenvalue weighted by Gasteiger charge is -1.91. The zero-order valence-electron chi connectivity index (χ0n) is 6.30. The third kappa shape index (κ3) is 1.20. The molecule has 0 aliphatic carbocycles. The molecule has 1 heterocycles. The number of nitroso groups, excluding NO2 is 1. The van der Waals surface area contributed by atoms with E-state index in [9.17, 15) is 9.70 Å². The molecule has 6 heteroatoms. The molecular formula is C7H3N3O2S. The van der Waals surface area contributed by atoms with E-state index < -0.39 is 5.91 Å². The molecule has 0 fully saturated rings. The van der Waals surface area contributed by atoms with Gasteiger partial charge < -0.3 is 0 Å². The van der Waals surface area contributed by atoms with Crippen molar-refractivity contribution in [3.05, 3.63) is 28.7 Å². The first kappa shape index (κ1) is 7.93. The third-order valence-electron chi connectivity index (χ3n) is 1.60. The fourth-order valence-corrected chi connectivity index (χ4v) is 1.58. The predicted molar refractivity (Wildman–Crippen MR) is 47.5 cm³/mol. The minimum atomic E-state index is -0.807. The van der Waals surface area contributed by atoms with Crippen molar-refractivity contribution in [2.75, 3.05) is 0 Å². The van der Waals surface area contributed by atoms with Crippen LogP contribution in [0.5, 0.6) is 0 Å². The zero-order valence-corrected chi connectivity index (χ0v) is 7.11. The van der Waals surface area contributed by atoms with E-state index in [1.165, 1.54) is 6.07 Å². The third-order valence-corrected chi connectivity index (χ3v) is 2.14. The number of aromatic nitrogens is 2. The molecule has 64 valence electrons. The average molecular weight is 193 g/mol. The van der Waals surface area contributed by atoms with Crippen LogP contribution in [-0.4, -0.2) is 14.7 Å². The van der Waals surface area contributed by atoms with E-state index in [2.05, 4.69) is 13.9 Å². The average Bonchev–Trinajstić information content (AvgIpc) is 2.63. The normalized spacial score (nSPS) is 10.2. The molecule has 0 saturated carbocycles.